The van der Waals surface area contributed by atoms with Crippen LogP contribution < -0.4 is 11.1 Å². The van der Waals surface area contributed by atoms with Gasteiger partial charge in [0.25, 0.3) is 0 Å². The van der Waals surface area contributed by atoms with Crippen LogP contribution in [0.15, 0.2) is 18.2 Å². The molecule has 2 unspecified atom stereocenters. The Morgan fingerprint density at radius 2 is 2.35 bits per heavy atom. The van der Waals surface area contributed by atoms with Crippen LogP contribution in [0.5, 0.6) is 0 Å². The topological polar surface area (TPSA) is 58.4 Å². The fourth-order valence-electron chi connectivity index (χ4n) is 2.58. The monoisotopic (exact) mass is 295 g/mol. The van der Waals surface area contributed by atoms with Gasteiger partial charge in [-0.2, -0.15) is 0 Å². The van der Waals surface area contributed by atoms with E-state index in [2.05, 4.69) is 17.1 Å². The maximum Gasteiger partial charge on any atom is 0.241 e. The van der Waals surface area contributed by atoms with Crippen molar-refractivity contribution in [3.8, 4) is 0 Å². The number of nitrogens with two attached hydrogens (primary N) is 1. The molecule has 1 fully saturated rings. The van der Waals surface area contributed by atoms with E-state index >= 15 is 0 Å². The minimum Gasteiger partial charge on any atom is -0.399 e. The van der Waals surface area contributed by atoms with E-state index in [1.807, 2.05) is 6.92 Å². The minimum absolute atomic E-state index is 0.0200. The summed E-state index contributed by atoms with van der Waals surface area (Å²) >= 11 is 6.08. The maximum atomic E-state index is 12.3. The zero-order valence-corrected chi connectivity index (χ0v) is 12.8. The average molecular weight is 296 g/mol. The molecule has 0 spiro atoms. The van der Waals surface area contributed by atoms with Crippen molar-refractivity contribution in [3.63, 3.8) is 0 Å². The molecule has 0 bridgehead atoms. The zero-order valence-electron chi connectivity index (χ0n) is 12.0. The molecule has 5 heteroatoms. The molecule has 1 heterocycles. The molecule has 2 rings (SSSR count). The lowest BCUT2D eigenvalue weighted by Gasteiger charge is -2.23. The Hall–Kier alpha value is -1.26. The van der Waals surface area contributed by atoms with Crippen molar-refractivity contribution in [1.82, 2.24) is 4.90 Å². The number of benzene rings is 1. The summed E-state index contributed by atoms with van der Waals surface area (Å²) in [5.41, 5.74) is 6.85. The van der Waals surface area contributed by atoms with Gasteiger partial charge >= 0.3 is 0 Å². The predicted molar refractivity (Wildman–Crippen MR) is 83.9 cm³/mol. The minimum atomic E-state index is -0.139. The number of anilines is 2. The maximum absolute atomic E-state index is 12.3. The number of nitrogen functional groups attached to an aromatic ring is 1. The Balaban J connectivity index is 1.97. The summed E-state index contributed by atoms with van der Waals surface area (Å²) in [7, 11) is 0. The highest BCUT2D eigenvalue weighted by molar-refractivity contribution is 6.34. The van der Waals surface area contributed by atoms with Gasteiger partial charge in [-0.25, -0.2) is 0 Å². The van der Waals surface area contributed by atoms with Crippen LogP contribution in [0.3, 0.4) is 0 Å². The predicted octanol–water partition coefficient (Wildman–Crippen LogP) is 2.98. The van der Waals surface area contributed by atoms with Crippen molar-refractivity contribution in [3.05, 3.63) is 23.2 Å². The largest absolute Gasteiger partial charge is 0.399 e. The fraction of sp³-hybridized carbons (Fsp3) is 0.533. The van der Waals surface area contributed by atoms with Crippen LogP contribution in [0.4, 0.5) is 11.4 Å². The van der Waals surface area contributed by atoms with Gasteiger partial charge in [0.05, 0.1) is 16.8 Å². The van der Waals surface area contributed by atoms with Crippen molar-refractivity contribution in [2.75, 3.05) is 24.1 Å². The number of hydrogen-bond donors (Lipinski definition) is 2. The molecule has 4 nitrogen and oxygen atoms in total. The van der Waals surface area contributed by atoms with Crippen LogP contribution >= 0.6 is 11.6 Å². The second kappa shape index (κ2) is 6.46. The number of likely N-dealkylation sites (tertiary alicyclic amines) is 1. The number of carbonyl (C=O) groups is 1. The Morgan fingerprint density at radius 1 is 1.60 bits per heavy atom. The summed E-state index contributed by atoms with van der Waals surface area (Å²) in [5.74, 6) is 0.693. The molecule has 1 saturated heterocycles. The van der Waals surface area contributed by atoms with Crippen molar-refractivity contribution in [1.29, 1.82) is 0 Å². The number of rotatable bonds is 4. The van der Waals surface area contributed by atoms with E-state index in [4.69, 9.17) is 17.3 Å². The smallest absolute Gasteiger partial charge is 0.241 e. The van der Waals surface area contributed by atoms with Crippen molar-refractivity contribution in [2.45, 2.75) is 32.7 Å². The van der Waals surface area contributed by atoms with Gasteiger partial charge in [0.15, 0.2) is 0 Å². The summed E-state index contributed by atoms with van der Waals surface area (Å²) in [6.45, 7) is 6.13. The first kappa shape index (κ1) is 15.1. The molecule has 1 aromatic carbocycles. The Labute approximate surface area is 125 Å². The van der Waals surface area contributed by atoms with E-state index in [0.717, 1.165) is 13.1 Å². The molecule has 2 atom stereocenters. The van der Waals surface area contributed by atoms with Gasteiger partial charge in [0, 0.05) is 12.2 Å². The van der Waals surface area contributed by atoms with E-state index in [-0.39, 0.29) is 11.9 Å². The molecule has 0 aromatic heterocycles. The van der Waals surface area contributed by atoms with E-state index in [0.29, 0.717) is 22.3 Å². The summed E-state index contributed by atoms with van der Waals surface area (Å²) < 4.78 is 0. The Morgan fingerprint density at radius 3 is 2.95 bits per heavy atom. The molecule has 3 N–H and O–H groups in total. The highest BCUT2D eigenvalue weighted by Crippen LogP contribution is 2.25. The number of nitrogens with one attached hydrogen (secondary N) is 1. The van der Waals surface area contributed by atoms with Gasteiger partial charge in [0.2, 0.25) is 5.91 Å². The first-order chi connectivity index (χ1) is 9.51. The van der Waals surface area contributed by atoms with Crippen molar-refractivity contribution < 1.29 is 4.79 Å². The average Bonchev–Trinajstić information content (AvgIpc) is 2.89. The lowest BCUT2D eigenvalue weighted by Crippen LogP contribution is -2.40. The highest BCUT2D eigenvalue weighted by Gasteiger charge is 2.28. The standard InChI is InChI=1S/C15H22ClN3O/c1-3-11-6-7-19(9-11)10(2)15(20)18-14-5-4-12(17)8-13(14)16/h4-5,8,10-11H,3,6-7,9,17H2,1-2H3,(H,18,20). The Bertz CT molecular complexity index is 492. The van der Waals surface area contributed by atoms with Gasteiger partial charge in [-0.15, -0.1) is 0 Å². The van der Waals surface area contributed by atoms with Crippen LogP contribution in [0.1, 0.15) is 26.7 Å². The summed E-state index contributed by atoms with van der Waals surface area (Å²) in [4.78, 5) is 14.5. The number of hydrogen-bond acceptors (Lipinski definition) is 3. The summed E-state index contributed by atoms with van der Waals surface area (Å²) in [6.07, 6.45) is 2.35. The van der Waals surface area contributed by atoms with Gasteiger partial charge < -0.3 is 11.1 Å². The van der Waals surface area contributed by atoms with Crippen LogP contribution in [0.2, 0.25) is 5.02 Å². The van der Waals surface area contributed by atoms with Gasteiger partial charge in [0.1, 0.15) is 0 Å². The van der Waals surface area contributed by atoms with Gasteiger partial charge in [-0.1, -0.05) is 24.9 Å². The van der Waals surface area contributed by atoms with Crippen LogP contribution in [0.25, 0.3) is 0 Å². The third-order valence-corrected chi connectivity index (χ3v) is 4.39. The number of amides is 1. The molecule has 1 amide bonds. The van der Waals surface area contributed by atoms with E-state index in [9.17, 15) is 4.79 Å². The molecule has 20 heavy (non-hydrogen) atoms. The SMILES string of the molecule is CCC1CCN(C(C)C(=O)Nc2ccc(N)cc2Cl)C1. The first-order valence-electron chi connectivity index (χ1n) is 7.11. The molecule has 110 valence electrons. The molecule has 1 aliphatic heterocycles. The first-order valence-corrected chi connectivity index (χ1v) is 7.49. The lowest BCUT2D eigenvalue weighted by atomic mass is 10.1. The second-order valence-electron chi connectivity index (χ2n) is 5.46. The zero-order chi connectivity index (χ0) is 14.7. The highest BCUT2D eigenvalue weighted by atomic mass is 35.5. The van der Waals surface area contributed by atoms with E-state index in [1.165, 1.54) is 12.8 Å². The number of nitrogens with zero attached hydrogens (tertiary/aromatic N) is 1. The molecular weight excluding hydrogens is 274 g/mol. The third kappa shape index (κ3) is 3.44. The molecule has 1 aliphatic rings. The molecule has 0 saturated carbocycles. The number of carbonyl (C=O) groups excluding carboxylic acids is 1. The molecular formula is C15H22ClN3O. The third-order valence-electron chi connectivity index (χ3n) is 4.07. The van der Waals surface area contributed by atoms with Gasteiger partial charge in [-0.3, -0.25) is 9.69 Å². The van der Waals surface area contributed by atoms with Crippen LogP contribution in [0, 0.1) is 5.92 Å². The second-order valence-corrected chi connectivity index (χ2v) is 5.87. The van der Waals surface area contributed by atoms with Gasteiger partial charge in [-0.05, 0) is 44.0 Å². The molecule has 1 aromatic rings. The number of halogens is 1. The van der Waals surface area contributed by atoms with Crippen LogP contribution in [-0.2, 0) is 4.79 Å². The quantitative estimate of drug-likeness (QED) is 0.840. The lowest BCUT2D eigenvalue weighted by molar-refractivity contribution is -0.120. The van der Waals surface area contributed by atoms with E-state index in [1.54, 1.807) is 18.2 Å². The van der Waals surface area contributed by atoms with E-state index < -0.39 is 0 Å². The fourth-order valence-corrected chi connectivity index (χ4v) is 2.82. The normalized spacial score (nSPS) is 20.9. The Kier molecular flexibility index (Phi) is 4.89. The summed E-state index contributed by atoms with van der Waals surface area (Å²) in [5, 5.41) is 3.35. The summed E-state index contributed by atoms with van der Waals surface area (Å²) in [6, 6.07) is 4.97. The van der Waals surface area contributed by atoms with Crippen molar-refractivity contribution in [2.24, 2.45) is 5.92 Å². The molecule has 0 radical (unpaired) electrons. The molecule has 0 aliphatic carbocycles. The van der Waals surface area contributed by atoms with Crippen LogP contribution in [-0.4, -0.2) is 29.9 Å². The van der Waals surface area contributed by atoms with Crippen molar-refractivity contribution >= 4 is 28.9 Å².